The molecule has 3 rings (SSSR count). The predicted molar refractivity (Wildman–Crippen MR) is 64.6 cm³/mol. The largest absolute Gasteiger partial charge is 0.416 e. The fourth-order valence-electron chi connectivity index (χ4n) is 3.53. The van der Waals surface area contributed by atoms with Crippen LogP contribution in [-0.4, -0.2) is 6.29 Å². The third-order valence-electron chi connectivity index (χ3n) is 4.79. The molecule has 2 fully saturated rings. The highest BCUT2D eigenvalue weighted by Crippen LogP contribution is 2.64. The van der Waals surface area contributed by atoms with E-state index in [0.29, 0.717) is 12.0 Å². The van der Waals surface area contributed by atoms with Crippen LogP contribution in [0.3, 0.4) is 0 Å². The molecule has 1 nitrogen and oxygen atoms in total. The lowest BCUT2D eigenvalue weighted by Crippen LogP contribution is -2.31. The highest BCUT2D eigenvalue weighted by molar-refractivity contribution is 5.66. The highest BCUT2D eigenvalue weighted by Gasteiger charge is 2.62. The van der Waals surface area contributed by atoms with Gasteiger partial charge in [0.05, 0.1) is 5.56 Å². The molecular weight excluding hydrogens is 253 g/mol. The summed E-state index contributed by atoms with van der Waals surface area (Å²) in [5.41, 5.74) is -0.762. The Bertz CT molecular complexity index is 504. The number of benzene rings is 1. The predicted octanol–water partition coefficient (Wildman–Crippen LogP) is 3.96. The van der Waals surface area contributed by atoms with Crippen molar-refractivity contribution in [2.45, 2.75) is 37.3 Å². The van der Waals surface area contributed by atoms with Crippen LogP contribution in [0.1, 0.15) is 36.8 Å². The van der Waals surface area contributed by atoms with Crippen molar-refractivity contribution in [3.8, 4) is 0 Å². The first-order chi connectivity index (χ1) is 9.00. The lowest BCUT2D eigenvalue weighted by Gasteiger charge is -2.36. The van der Waals surface area contributed by atoms with E-state index in [1.54, 1.807) is 12.1 Å². The van der Waals surface area contributed by atoms with E-state index in [4.69, 9.17) is 0 Å². The maximum absolute atomic E-state index is 13.1. The summed E-state index contributed by atoms with van der Waals surface area (Å²) < 4.78 is 39.4. The van der Waals surface area contributed by atoms with Gasteiger partial charge in [-0.3, -0.25) is 0 Å². The summed E-state index contributed by atoms with van der Waals surface area (Å²) in [5, 5.41) is 0. The topological polar surface area (TPSA) is 17.1 Å². The molecule has 2 aliphatic rings. The SMILES string of the molecule is O=CC1CC1(c1ccccc1C(F)(F)F)C1CCC1. The van der Waals surface area contributed by atoms with Gasteiger partial charge in [0.1, 0.15) is 6.29 Å². The van der Waals surface area contributed by atoms with E-state index in [1.807, 2.05) is 0 Å². The summed E-state index contributed by atoms with van der Waals surface area (Å²) in [5.74, 6) is 0.00694. The quantitative estimate of drug-likeness (QED) is 0.758. The molecule has 2 saturated carbocycles. The summed E-state index contributed by atoms with van der Waals surface area (Å²) >= 11 is 0. The fourth-order valence-corrected chi connectivity index (χ4v) is 3.53. The summed E-state index contributed by atoms with van der Waals surface area (Å²) in [6, 6.07) is 5.75. The van der Waals surface area contributed by atoms with Crippen LogP contribution in [0.25, 0.3) is 0 Å². The van der Waals surface area contributed by atoms with E-state index in [2.05, 4.69) is 0 Å². The first-order valence-electron chi connectivity index (χ1n) is 6.62. The Balaban J connectivity index is 2.08. The number of hydrogen-bond acceptors (Lipinski definition) is 1. The van der Waals surface area contributed by atoms with E-state index in [1.165, 1.54) is 6.07 Å². The van der Waals surface area contributed by atoms with Crippen molar-refractivity contribution in [2.24, 2.45) is 11.8 Å². The standard InChI is InChI=1S/C15H15F3O/c16-15(17,18)13-7-2-1-6-12(13)14(8-11(14)9-19)10-4-3-5-10/h1-2,6-7,9-11H,3-5,8H2. The molecule has 2 atom stereocenters. The minimum Gasteiger partial charge on any atom is -0.303 e. The fraction of sp³-hybridized carbons (Fsp3) is 0.533. The van der Waals surface area contributed by atoms with Crippen LogP contribution in [0.2, 0.25) is 0 Å². The Morgan fingerprint density at radius 1 is 1.21 bits per heavy atom. The van der Waals surface area contributed by atoms with Crippen molar-refractivity contribution in [1.29, 1.82) is 0 Å². The Morgan fingerprint density at radius 2 is 1.89 bits per heavy atom. The number of rotatable bonds is 3. The Morgan fingerprint density at radius 3 is 2.37 bits per heavy atom. The maximum Gasteiger partial charge on any atom is 0.416 e. The van der Waals surface area contributed by atoms with Crippen molar-refractivity contribution < 1.29 is 18.0 Å². The average Bonchev–Trinajstić information content (AvgIpc) is 3.01. The molecule has 0 spiro atoms. The van der Waals surface area contributed by atoms with E-state index < -0.39 is 17.2 Å². The molecule has 0 amide bonds. The van der Waals surface area contributed by atoms with E-state index >= 15 is 0 Å². The third kappa shape index (κ3) is 1.80. The molecule has 1 aromatic rings. The molecule has 0 radical (unpaired) electrons. The number of aldehydes is 1. The molecule has 2 aliphatic carbocycles. The number of halogens is 3. The zero-order valence-electron chi connectivity index (χ0n) is 10.4. The second kappa shape index (κ2) is 4.09. The lowest BCUT2D eigenvalue weighted by atomic mass is 9.68. The number of hydrogen-bond donors (Lipinski definition) is 0. The second-order valence-corrected chi connectivity index (χ2v) is 5.66. The molecule has 4 heteroatoms. The van der Waals surface area contributed by atoms with Crippen molar-refractivity contribution in [3.05, 3.63) is 35.4 Å². The second-order valence-electron chi connectivity index (χ2n) is 5.66. The third-order valence-corrected chi connectivity index (χ3v) is 4.79. The minimum absolute atomic E-state index is 0.235. The molecule has 0 saturated heterocycles. The molecule has 0 N–H and O–H groups in total. The first kappa shape index (κ1) is 12.7. The number of carbonyl (C=O) groups is 1. The average molecular weight is 268 g/mol. The molecule has 19 heavy (non-hydrogen) atoms. The smallest absolute Gasteiger partial charge is 0.303 e. The van der Waals surface area contributed by atoms with Crippen molar-refractivity contribution >= 4 is 6.29 Å². The van der Waals surface area contributed by atoms with Crippen molar-refractivity contribution in [3.63, 3.8) is 0 Å². The van der Waals surface area contributed by atoms with E-state index in [9.17, 15) is 18.0 Å². The van der Waals surface area contributed by atoms with Gasteiger partial charge in [-0.25, -0.2) is 0 Å². The first-order valence-corrected chi connectivity index (χ1v) is 6.62. The summed E-state index contributed by atoms with van der Waals surface area (Å²) in [6.45, 7) is 0. The molecule has 0 bridgehead atoms. The van der Waals surface area contributed by atoms with Gasteiger partial charge >= 0.3 is 6.18 Å². The molecule has 1 aromatic carbocycles. The minimum atomic E-state index is -4.34. The van der Waals surface area contributed by atoms with Gasteiger partial charge in [0.15, 0.2) is 0 Å². The number of alkyl halides is 3. The Labute approximate surface area is 109 Å². The molecule has 0 aromatic heterocycles. The highest BCUT2D eigenvalue weighted by atomic mass is 19.4. The van der Waals surface area contributed by atoms with Gasteiger partial charge in [-0.15, -0.1) is 0 Å². The summed E-state index contributed by atoms with van der Waals surface area (Å²) in [6.07, 6.45) is 0.0162. The lowest BCUT2D eigenvalue weighted by molar-refractivity contribution is -0.139. The normalized spacial score (nSPS) is 30.8. The van der Waals surface area contributed by atoms with Crippen LogP contribution in [0.4, 0.5) is 13.2 Å². The van der Waals surface area contributed by atoms with Crippen LogP contribution in [0.5, 0.6) is 0 Å². The molecule has 102 valence electrons. The zero-order chi connectivity index (χ0) is 13.7. The van der Waals surface area contributed by atoms with Gasteiger partial charge in [0.25, 0.3) is 0 Å². The van der Waals surface area contributed by atoms with Crippen molar-refractivity contribution in [2.75, 3.05) is 0 Å². The van der Waals surface area contributed by atoms with Gasteiger partial charge in [-0.2, -0.15) is 13.2 Å². The van der Waals surface area contributed by atoms with Gasteiger partial charge in [-0.05, 0) is 36.8 Å². The van der Waals surface area contributed by atoms with Crippen LogP contribution in [0.15, 0.2) is 24.3 Å². The van der Waals surface area contributed by atoms with E-state index in [0.717, 1.165) is 31.6 Å². The van der Waals surface area contributed by atoms with Gasteiger partial charge in [-0.1, -0.05) is 24.6 Å². The van der Waals surface area contributed by atoms with Gasteiger partial charge < -0.3 is 4.79 Å². The van der Waals surface area contributed by atoms with Crippen LogP contribution in [-0.2, 0) is 16.4 Å². The van der Waals surface area contributed by atoms with Gasteiger partial charge in [0.2, 0.25) is 0 Å². The molecule has 0 aliphatic heterocycles. The van der Waals surface area contributed by atoms with Crippen LogP contribution < -0.4 is 0 Å². The van der Waals surface area contributed by atoms with Gasteiger partial charge in [0, 0.05) is 11.3 Å². The zero-order valence-corrected chi connectivity index (χ0v) is 10.4. The Hall–Kier alpha value is -1.32. The molecule has 2 unspecified atom stereocenters. The van der Waals surface area contributed by atoms with Crippen LogP contribution >= 0.6 is 0 Å². The van der Waals surface area contributed by atoms with Crippen molar-refractivity contribution in [1.82, 2.24) is 0 Å². The summed E-state index contributed by atoms with van der Waals surface area (Å²) in [7, 11) is 0. The molecule has 0 heterocycles. The maximum atomic E-state index is 13.1. The summed E-state index contributed by atoms with van der Waals surface area (Å²) in [4.78, 5) is 11.1. The Kier molecular flexibility index (Phi) is 2.73. The monoisotopic (exact) mass is 268 g/mol. The number of carbonyl (C=O) groups excluding carboxylic acids is 1. The molecular formula is C15H15F3O. The van der Waals surface area contributed by atoms with Crippen LogP contribution in [0, 0.1) is 11.8 Å². The van der Waals surface area contributed by atoms with E-state index in [-0.39, 0.29) is 11.8 Å².